The highest BCUT2D eigenvalue weighted by Crippen LogP contribution is 2.30. The molecule has 5 nitrogen and oxygen atoms in total. The Morgan fingerprint density at radius 3 is 2.54 bits per heavy atom. The zero-order chi connectivity index (χ0) is 18.8. The van der Waals surface area contributed by atoms with Gasteiger partial charge in [-0.1, -0.05) is 38.1 Å². The highest BCUT2D eigenvalue weighted by molar-refractivity contribution is 5.98. The fraction of sp³-hybridized carbons (Fsp3) is 0.238. The number of hydrogen-bond acceptors (Lipinski definition) is 3. The van der Waals surface area contributed by atoms with Crippen molar-refractivity contribution in [1.29, 1.82) is 0 Å². The van der Waals surface area contributed by atoms with Crippen LogP contribution < -0.4 is 15.5 Å². The summed E-state index contributed by atoms with van der Waals surface area (Å²) < 4.78 is 7.15. The van der Waals surface area contributed by atoms with Gasteiger partial charge in [-0.15, -0.1) is 0 Å². The van der Waals surface area contributed by atoms with Crippen LogP contribution in [0.2, 0.25) is 0 Å². The van der Waals surface area contributed by atoms with Crippen LogP contribution in [0, 0.1) is 5.92 Å². The molecule has 1 amide bonds. The average molecular weight is 350 g/mol. The number of ether oxygens (including phenoxy) is 1. The quantitative estimate of drug-likeness (QED) is 0.778. The van der Waals surface area contributed by atoms with Crippen LogP contribution in [0.25, 0.3) is 22.0 Å². The summed E-state index contributed by atoms with van der Waals surface area (Å²) in [6.45, 7) is 3.64. The maximum Gasteiger partial charge on any atom is 0.228 e. The minimum atomic E-state index is -0.199. The van der Waals surface area contributed by atoms with Gasteiger partial charge in [-0.2, -0.15) is 0 Å². The van der Waals surface area contributed by atoms with Gasteiger partial charge in [-0.3, -0.25) is 9.59 Å². The fourth-order valence-electron chi connectivity index (χ4n) is 2.94. The molecule has 1 N–H and O–H groups in total. The van der Waals surface area contributed by atoms with Gasteiger partial charge in [0, 0.05) is 18.4 Å². The standard InChI is InChI=1S/C21H22N2O3/c1-13(2)21(25)22-20-18(14-8-7-9-15(12-14)26-4)19(24)16-10-5-6-11-17(16)23(20)3/h5-13H,1-4H3,(H,22,25). The lowest BCUT2D eigenvalue weighted by atomic mass is 10.0. The number of nitrogens with one attached hydrogen (secondary N) is 1. The van der Waals surface area contributed by atoms with Gasteiger partial charge in [-0.25, -0.2) is 0 Å². The van der Waals surface area contributed by atoms with E-state index in [1.54, 1.807) is 19.2 Å². The number of carbonyl (C=O) groups excluding carboxylic acids is 1. The van der Waals surface area contributed by atoms with Crippen molar-refractivity contribution in [2.75, 3.05) is 12.4 Å². The van der Waals surface area contributed by atoms with Crippen molar-refractivity contribution in [2.24, 2.45) is 13.0 Å². The number of pyridine rings is 1. The molecule has 5 heteroatoms. The molecule has 0 aliphatic heterocycles. The predicted molar refractivity (Wildman–Crippen MR) is 105 cm³/mol. The predicted octanol–water partition coefficient (Wildman–Crippen LogP) is 3.81. The number of para-hydroxylation sites is 1. The summed E-state index contributed by atoms with van der Waals surface area (Å²) in [5.41, 5.74) is 1.81. The zero-order valence-corrected chi connectivity index (χ0v) is 15.4. The van der Waals surface area contributed by atoms with E-state index in [1.165, 1.54) is 0 Å². The van der Waals surface area contributed by atoms with Crippen LogP contribution in [0.4, 0.5) is 5.82 Å². The SMILES string of the molecule is COc1cccc(-c2c(NC(=O)C(C)C)n(C)c3ccccc3c2=O)c1. The van der Waals surface area contributed by atoms with Crippen LogP contribution in [0.15, 0.2) is 53.3 Å². The number of nitrogens with zero attached hydrogens (tertiary/aromatic N) is 1. The number of aromatic nitrogens is 1. The number of methoxy groups -OCH3 is 1. The zero-order valence-electron chi connectivity index (χ0n) is 15.4. The molecule has 0 spiro atoms. The van der Waals surface area contributed by atoms with Crippen LogP contribution in [0.3, 0.4) is 0 Å². The van der Waals surface area contributed by atoms with Crippen molar-refractivity contribution in [3.63, 3.8) is 0 Å². The van der Waals surface area contributed by atoms with Gasteiger partial charge >= 0.3 is 0 Å². The molecule has 26 heavy (non-hydrogen) atoms. The van der Waals surface area contributed by atoms with Crippen molar-refractivity contribution in [3.8, 4) is 16.9 Å². The molecular formula is C21H22N2O3. The Bertz CT molecular complexity index is 1040. The maximum absolute atomic E-state index is 13.2. The van der Waals surface area contributed by atoms with E-state index < -0.39 is 0 Å². The third kappa shape index (κ3) is 3.08. The number of hydrogen-bond donors (Lipinski definition) is 1. The number of rotatable bonds is 4. The minimum Gasteiger partial charge on any atom is -0.497 e. The summed E-state index contributed by atoms with van der Waals surface area (Å²) in [7, 11) is 3.43. The van der Waals surface area contributed by atoms with Crippen LogP contribution in [0.5, 0.6) is 5.75 Å². The lowest BCUT2D eigenvalue weighted by Crippen LogP contribution is -2.24. The molecule has 0 aliphatic carbocycles. The highest BCUT2D eigenvalue weighted by Gasteiger charge is 2.20. The topological polar surface area (TPSA) is 60.3 Å². The molecule has 0 fully saturated rings. The van der Waals surface area contributed by atoms with Crippen LogP contribution >= 0.6 is 0 Å². The molecule has 1 aromatic heterocycles. The van der Waals surface area contributed by atoms with Gasteiger partial charge in [0.25, 0.3) is 0 Å². The third-order valence-corrected chi connectivity index (χ3v) is 4.43. The van der Waals surface area contributed by atoms with Gasteiger partial charge in [0.05, 0.1) is 18.2 Å². The van der Waals surface area contributed by atoms with E-state index in [-0.39, 0.29) is 17.3 Å². The molecule has 0 saturated heterocycles. The number of carbonyl (C=O) groups is 1. The largest absolute Gasteiger partial charge is 0.497 e. The van der Waals surface area contributed by atoms with E-state index in [4.69, 9.17) is 4.74 Å². The Morgan fingerprint density at radius 2 is 1.85 bits per heavy atom. The van der Waals surface area contributed by atoms with Crippen molar-refractivity contribution in [3.05, 3.63) is 58.8 Å². The first-order chi connectivity index (χ1) is 12.4. The number of benzene rings is 2. The number of fused-ring (bicyclic) bond motifs is 1. The van der Waals surface area contributed by atoms with Crippen molar-refractivity contribution < 1.29 is 9.53 Å². The van der Waals surface area contributed by atoms with Crippen molar-refractivity contribution in [2.45, 2.75) is 13.8 Å². The summed E-state index contributed by atoms with van der Waals surface area (Å²) >= 11 is 0. The lowest BCUT2D eigenvalue weighted by Gasteiger charge is -2.19. The number of amides is 1. The summed E-state index contributed by atoms with van der Waals surface area (Å²) in [6, 6.07) is 14.7. The summed E-state index contributed by atoms with van der Waals surface area (Å²) in [5, 5.41) is 3.54. The smallest absolute Gasteiger partial charge is 0.228 e. The van der Waals surface area contributed by atoms with Crippen molar-refractivity contribution in [1.82, 2.24) is 4.57 Å². The minimum absolute atomic E-state index is 0.119. The number of anilines is 1. The molecule has 0 atom stereocenters. The Balaban J connectivity index is 2.36. The molecule has 0 aliphatic rings. The molecule has 3 aromatic rings. The molecule has 0 bridgehead atoms. The molecular weight excluding hydrogens is 328 g/mol. The van der Waals surface area contributed by atoms with Crippen LogP contribution in [-0.2, 0) is 11.8 Å². The Kier molecular flexibility index (Phi) is 4.80. The van der Waals surface area contributed by atoms with Crippen LogP contribution in [0.1, 0.15) is 13.8 Å². The molecule has 3 rings (SSSR count). The molecule has 0 radical (unpaired) electrons. The lowest BCUT2D eigenvalue weighted by molar-refractivity contribution is -0.118. The van der Waals surface area contributed by atoms with Gasteiger partial charge < -0.3 is 14.6 Å². The first kappa shape index (κ1) is 17.7. The first-order valence-corrected chi connectivity index (χ1v) is 8.51. The fourth-order valence-corrected chi connectivity index (χ4v) is 2.94. The Hall–Kier alpha value is -3.08. The molecule has 1 heterocycles. The maximum atomic E-state index is 13.2. The number of aryl methyl sites for hydroxylation is 1. The van der Waals surface area contributed by atoms with E-state index >= 15 is 0 Å². The molecule has 0 unspecified atom stereocenters. The van der Waals surface area contributed by atoms with Gasteiger partial charge in [0.2, 0.25) is 5.91 Å². The Labute approximate surface area is 152 Å². The van der Waals surface area contributed by atoms with E-state index in [1.807, 2.05) is 61.9 Å². The Morgan fingerprint density at radius 1 is 1.12 bits per heavy atom. The molecule has 0 saturated carbocycles. The molecule has 2 aromatic carbocycles. The van der Waals surface area contributed by atoms with Crippen molar-refractivity contribution >= 4 is 22.6 Å². The highest BCUT2D eigenvalue weighted by atomic mass is 16.5. The van der Waals surface area contributed by atoms with E-state index in [2.05, 4.69) is 5.32 Å². The van der Waals surface area contributed by atoms with Crippen LogP contribution in [-0.4, -0.2) is 17.6 Å². The third-order valence-electron chi connectivity index (χ3n) is 4.43. The van der Waals surface area contributed by atoms with Gasteiger partial charge in [0.15, 0.2) is 5.43 Å². The van der Waals surface area contributed by atoms with E-state index in [0.29, 0.717) is 28.1 Å². The van der Waals surface area contributed by atoms with Gasteiger partial charge in [0.1, 0.15) is 11.6 Å². The normalized spacial score (nSPS) is 11.0. The van der Waals surface area contributed by atoms with E-state index in [9.17, 15) is 9.59 Å². The second kappa shape index (κ2) is 7.04. The van der Waals surface area contributed by atoms with E-state index in [0.717, 1.165) is 5.52 Å². The summed E-state index contributed by atoms with van der Waals surface area (Å²) in [6.07, 6.45) is 0. The first-order valence-electron chi connectivity index (χ1n) is 8.51. The second-order valence-corrected chi connectivity index (χ2v) is 6.50. The average Bonchev–Trinajstić information content (AvgIpc) is 2.66. The summed E-state index contributed by atoms with van der Waals surface area (Å²) in [5.74, 6) is 0.800. The van der Waals surface area contributed by atoms with Gasteiger partial charge in [-0.05, 0) is 29.8 Å². The summed E-state index contributed by atoms with van der Waals surface area (Å²) in [4.78, 5) is 25.6. The second-order valence-electron chi connectivity index (χ2n) is 6.50. The monoisotopic (exact) mass is 350 g/mol. The molecule has 134 valence electrons.